The Morgan fingerprint density at radius 1 is 1.30 bits per heavy atom. The molecule has 20 heavy (non-hydrogen) atoms. The number of rotatable bonds is 6. The lowest BCUT2D eigenvalue weighted by molar-refractivity contribution is 0.0696. The number of carboxylic acids is 1. The van der Waals surface area contributed by atoms with Crippen LogP contribution in [0.2, 0.25) is 0 Å². The molecule has 0 bridgehead atoms. The standard InChI is InChI=1S/C9H8O2.C6H10O3/c1-2-7-5-3-4-6-8(7)9(10)11;1(5-3-8-5)7-2-6-4-9-6/h2-6H,1H2,(H,10,11);5-6H,1-4H2. The predicted molar refractivity (Wildman–Crippen MR) is 73.8 cm³/mol. The van der Waals surface area contributed by atoms with Gasteiger partial charge in [-0.05, 0) is 11.6 Å². The van der Waals surface area contributed by atoms with Gasteiger partial charge in [0.05, 0.1) is 32.0 Å². The van der Waals surface area contributed by atoms with Crippen molar-refractivity contribution in [1.29, 1.82) is 0 Å². The fourth-order valence-electron chi connectivity index (χ4n) is 1.53. The van der Waals surface area contributed by atoms with E-state index in [0.29, 0.717) is 23.3 Å². The van der Waals surface area contributed by atoms with Gasteiger partial charge in [-0.1, -0.05) is 30.9 Å². The first-order valence-electron chi connectivity index (χ1n) is 6.46. The molecular formula is C15H18O5. The number of hydrogen-bond acceptors (Lipinski definition) is 4. The molecule has 1 N–H and O–H groups in total. The molecule has 0 amide bonds. The topological polar surface area (TPSA) is 71.6 Å². The Bertz CT molecular complexity index is 451. The highest BCUT2D eigenvalue weighted by molar-refractivity contribution is 5.91. The van der Waals surface area contributed by atoms with Crippen LogP contribution >= 0.6 is 0 Å². The summed E-state index contributed by atoms with van der Waals surface area (Å²) in [7, 11) is 0. The lowest BCUT2D eigenvalue weighted by Crippen LogP contribution is -2.06. The van der Waals surface area contributed by atoms with Crippen molar-refractivity contribution in [3.05, 3.63) is 42.0 Å². The van der Waals surface area contributed by atoms with Crippen molar-refractivity contribution in [2.75, 3.05) is 26.4 Å². The Morgan fingerprint density at radius 3 is 2.25 bits per heavy atom. The first-order chi connectivity index (χ1) is 9.70. The zero-order chi connectivity index (χ0) is 14.4. The van der Waals surface area contributed by atoms with Crippen LogP contribution in [0.15, 0.2) is 30.8 Å². The number of carboxylic acid groups (broad SMARTS) is 1. The molecule has 2 aliphatic rings. The summed E-state index contributed by atoms with van der Waals surface area (Å²) in [5.74, 6) is -0.916. The van der Waals surface area contributed by atoms with E-state index in [4.69, 9.17) is 19.3 Å². The van der Waals surface area contributed by atoms with Gasteiger partial charge in [0.1, 0.15) is 12.2 Å². The molecule has 0 saturated carbocycles. The maximum atomic E-state index is 10.5. The van der Waals surface area contributed by atoms with E-state index in [0.717, 1.165) is 26.4 Å². The minimum atomic E-state index is -0.916. The smallest absolute Gasteiger partial charge is 0.336 e. The van der Waals surface area contributed by atoms with Crippen LogP contribution < -0.4 is 0 Å². The zero-order valence-electron chi connectivity index (χ0n) is 11.2. The average Bonchev–Trinajstić information content (AvgIpc) is 3.34. The van der Waals surface area contributed by atoms with Gasteiger partial charge in [0.15, 0.2) is 0 Å². The van der Waals surface area contributed by atoms with Gasteiger partial charge in [0, 0.05) is 0 Å². The summed E-state index contributed by atoms with van der Waals surface area (Å²) in [6.07, 6.45) is 2.32. The number of hydrogen-bond donors (Lipinski definition) is 1. The number of aromatic carboxylic acids is 1. The highest BCUT2D eigenvalue weighted by Crippen LogP contribution is 2.12. The van der Waals surface area contributed by atoms with Gasteiger partial charge in [-0.15, -0.1) is 0 Å². The van der Waals surface area contributed by atoms with E-state index in [1.165, 1.54) is 6.08 Å². The molecule has 3 rings (SSSR count). The second-order valence-corrected chi connectivity index (χ2v) is 4.54. The molecule has 2 atom stereocenters. The van der Waals surface area contributed by atoms with E-state index in [2.05, 4.69) is 6.58 Å². The summed E-state index contributed by atoms with van der Waals surface area (Å²) in [6.45, 7) is 6.77. The third-order valence-corrected chi connectivity index (χ3v) is 2.82. The van der Waals surface area contributed by atoms with E-state index < -0.39 is 5.97 Å². The maximum absolute atomic E-state index is 10.5. The van der Waals surface area contributed by atoms with Crippen LogP contribution in [0.25, 0.3) is 6.08 Å². The van der Waals surface area contributed by atoms with Crippen molar-refractivity contribution in [3.63, 3.8) is 0 Å². The normalized spacial score (nSPS) is 22.4. The van der Waals surface area contributed by atoms with Gasteiger partial charge in [-0.2, -0.15) is 0 Å². The molecule has 2 aliphatic heterocycles. The van der Waals surface area contributed by atoms with Crippen LogP contribution in [0, 0.1) is 0 Å². The molecule has 2 fully saturated rings. The molecule has 5 nitrogen and oxygen atoms in total. The van der Waals surface area contributed by atoms with E-state index in [-0.39, 0.29) is 0 Å². The molecule has 1 aromatic carbocycles. The maximum Gasteiger partial charge on any atom is 0.336 e. The highest BCUT2D eigenvalue weighted by Gasteiger charge is 2.26. The third kappa shape index (κ3) is 5.13. The summed E-state index contributed by atoms with van der Waals surface area (Å²) < 4.78 is 15.1. The van der Waals surface area contributed by atoms with Crippen LogP contribution in [-0.4, -0.2) is 49.7 Å². The Hall–Kier alpha value is -1.69. The van der Waals surface area contributed by atoms with Gasteiger partial charge < -0.3 is 19.3 Å². The van der Waals surface area contributed by atoms with Gasteiger partial charge in [-0.3, -0.25) is 0 Å². The number of epoxide rings is 2. The van der Waals surface area contributed by atoms with E-state index in [1.807, 2.05) is 0 Å². The SMILES string of the molecule is C(OCC1CO1)C1CO1.C=Cc1ccccc1C(=O)O. The third-order valence-electron chi connectivity index (χ3n) is 2.82. The molecular weight excluding hydrogens is 260 g/mol. The summed E-state index contributed by atoms with van der Waals surface area (Å²) in [6, 6.07) is 6.75. The van der Waals surface area contributed by atoms with Crippen LogP contribution in [0.1, 0.15) is 15.9 Å². The first-order valence-corrected chi connectivity index (χ1v) is 6.46. The zero-order valence-corrected chi connectivity index (χ0v) is 11.2. The predicted octanol–water partition coefficient (Wildman–Crippen LogP) is 1.83. The van der Waals surface area contributed by atoms with Gasteiger partial charge in [-0.25, -0.2) is 4.79 Å². The van der Waals surface area contributed by atoms with Crippen LogP contribution in [-0.2, 0) is 14.2 Å². The Morgan fingerprint density at radius 2 is 1.85 bits per heavy atom. The largest absolute Gasteiger partial charge is 0.478 e. The molecule has 2 heterocycles. The van der Waals surface area contributed by atoms with Gasteiger partial charge in [0.2, 0.25) is 0 Å². The van der Waals surface area contributed by atoms with Gasteiger partial charge in [0.25, 0.3) is 0 Å². The lowest BCUT2D eigenvalue weighted by Gasteiger charge is -1.97. The van der Waals surface area contributed by atoms with Crippen molar-refractivity contribution in [2.24, 2.45) is 0 Å². The lowest BCUT2D eigenvalue weighted by atomic mass is 10.1. The molecule has 0 aromatic heterocycles. The minimum absolute atomic E-state index is 0.294. The Kier molecular flexibility index (Phi) is 5.29. The van der Waals surface area contributed by atoms with Crippen molar-refractivity contribution in [2.45, 2.75) is 12.2 Å². The summed E-state index contributed by atoms with van der Waals surface area (Å²) in [4.78, 5) is 10.5. The molecule has 0 aliphatic carbocycles. The fourth-order valence-corrected chi connectivity index (χ4v) is 1.53. The second kappa shape index (κ2) is 7.19. The van der Waals surface area contributed by atoms with Crippen LogP contribution in [0.4, 0.5) is 0 Å². The van der Waals surface area contributed by atoms with Crippen molar-refractivity contribution < 1.29 is 24.1 Å². The average molecular weight is 278 g/mol. The number of benzene rings is 1. The summed E-state index contributed by atoms with van der Waals surface area (Å²) in [5.41, 5.74) is 0.947. The van der Waals surface area contributed by atoms with Gasteiger partial charge >= 0.3 is 5.97 Å². The van der Waals surface area contributed by atoms with E-state index in [1.54, 1.807) is 24.3 Å². The quantitative estimate of drug-likeness (QED) is 0.804. The summed E-state index contributed by atoms with van der Waals surface area (Å²) in [5, 5.41) is 8.65. The summed E-state index contributed by atoms with van der Waals surface area (Å²) >= 11 is 0. The van der Waals surface area contributed by atoms with Crippen molar-refractivity contribution in [3.8, 4) is 0 Å². The molecule has 5 heteroatoms. The molecule has 2 unspecified atom stereocenters. The monoisotopic (exact) mass is 278 g/mol. The Labute approximate surface area is 117 Å². The number of carbonyl (C=O) groups is 1. The second-order valence-electron chi connectivity index (χ2n) is 4.54. The van der Waals surface area contributed by atoms with E-state index >= 15 is 0 Å². The van der Waals surface area contributed by atoms with Crippen molar-refractivity contribution >= 4 is 12.0 Å². The minimum Gasteiger partial charge on any atom is -0.478 e. The molecule has 0 spiro atoms. The number of ether oxygens (including phenoxy) is 3. The van der Waals surface area contributed by atoms with Crippen LogP contribution in [0.5, 0.6) is 0 Å². The molecule has 2 saturated heterocycles. The Balaban J connectivity index is 0.000000149. The van der Waals surface area contributed by atoms with E-state index in [9.17, 15) is 4.79 Å². The van der Waals surface area contributed by atoms with Crippen LogP contribution in [0.3, 0.4) is 0 Å². The molecule has 1 aromatic rings. The molecule has 108 valence electrons. The first kappa shape index (κ1) is 14.7. The van der Waals surface area contributed by atoms with Crippen molar-refractivity contribution in [1.82, 2.24) is 0 Å². The molecule has 0 radical (unpaired) electrons. The highest BCUT2D eigenvalue weighted by atomic mass is 16.6. The fraction of sp³-hybridized carbons (Fsp3) is 0.400.